The molecule has 0 atom stereocenters. The van der Waals surface area contributed by atoms with Crippen molar-refractivity contribution in [3.8, 4) is 5.75 Å². The number of fused-ring (bicyclic) bond motifs is 2. The second-order valence-electron chi connectivity index (χ2n) is 5.45. The fraction of sp³-hybridized carbons (Fsp3) is 0.400. The minimum atomic E-state index is -0.289. The molecule has 1 aromatic rings. The molecule has 18 heavy (non-hydrogen) atoms. The maximum Gasteiger partial charge on any atom is 0.163 e. The molecule has 0 amide bonds. The molecule has 1 aliphatic heterocycles. The van der Waals surface area contributed by atoms with Crippen LogP contribution in [0.25, 0.3) is 6.08 Å². The molecule has 0 radical (unpaired) electrons. The van der Waals surface area contributed by atoms with Gasteiger partial charge in [0, 0.05) is 17.5 Å². The van der Waals surface area contributed by atoms with E-state index in [9.17, 15) is 4.79 Å². The molecule has 94 valence electrons. The molecule has 0 bridgehead atoms. The summed E-state index contributed by atoms with van der Waals surface area (Å²) in [7, 11) is 0. The van der Waals surface area contributed by atoms with Crippen molar-refractivity contribution in [3.63, 3.8) is 0 Å². The van der Waals surface area contributed by atoms with Crippen LogP contribution in [-0.2, 0) is 6.42 Å². The van der Waals surface area contributed by atoms with E-state index in [2.05, 4.69) is 15.9 Å². The smallest absolute Gasteiger partial charge is 0.163 e. The van der Waals surface area contributed by atoms with Crippen LogP contribution in [0.4, 0.5) is 0 Å². The lowest BCUT2D eigenvalue weighted by molar-refractivity contribution is 0.0972. The zero-order valence-corrected chi connectivity index (χ0v) is 12.1. The van der Waals surface area contributed by atoms with E-state index in [0.717, 1.165) is 39.8 Å². The number of hydrogen-bond donors (Lipinski definition) is 0. The van der Waals surface area contributed by atoms with Crippen LogP contribution in [0.3, 0.4) is 0 Å². The molecule has 1 heterocycles. The van der Waals surface area contributed by atoms with Gasteiger partial charge in [-0.25, -0.2) is 0 Å². The third-order valence-corrected chi connectivity index (χ3v) is 4.35. The Labute approximate surface area is 115 Å². The summed E-state index contributed by atoms with van der Waals surface area (Å²) >= 11 is 3.62. The summed E-state index contributed by atoms with van der Waals surface area (Å²) in [5.41, 5.74) is 2.67. The van der Waals surface area contributed by atoms with E-state index in [0.29, 0.717) is 6.42 Å². The van der Waals surface area contributed by atoms with E-state index in [1.807, 2.05) is 32.1 Å². The van der Waals surface area contributed by atoms with E-state index in [-0.39, 0.29) is 11.4 Å². The maximum atomic E-state index is 12.0. The van der Waals surface area contributed by atoms with Crippen LogP contribution in [0.5, 0.6) is 5.75 Å². The van der Waals surface area contributed by atoms with Crippen LogP contribution in [0.2, 0.25) is 0 Å². The number of benzene rings is 1. The normalized spacial score (nSPS) is 20.1. The van der Waals surface area contributed by atoms with Gasteiger partial charge in [-0.2, -0.15) is 0 Å². The first kappa shape index (κ1) is 12.0. The summed E-state index contributed by atoms with van der Waals surface area (Å²) in [6.07, 6.45) is 6.62. The average Bonchev–Trinajstić information content (AvgIpc) is 2.31. The molecule has 0 fully saturated rings. The molecule has 2 nitrogen and oxygen atoms in total. The average molecular weight is 307 g/mol. The maximum absolute atomic E-state index is 12.0. The molecule has 3 heteroatoms. The Morgan fingerprint density at radius 1 is 1.33 bits per heavy atom. The van der Waals surface area contributed by atoms with Crippen molar-refractivity contribution in [3.05, 3.63) is 33.3 Å². The monoisotopic (exact) mass is 306 g/mol. The van der Waals surface area contributed by atoms with E-state index in [4.69, 9.17) is 4.74 Å². The van der Waals surface area contributed by atoms with Crippen LogP contribution in [0.1, 0.15) is 48.2 Å². The number of Topliss-reactive ketones (excluding diaryl/α,β-unsaturated/α-hetero) is 1. The number of carbonyl (C=O) groups excluding carboxylic acids is 1. The number of halogens is 1. The predicted molar refractivity (Wildman–Crippen MR) is 75.2 cm³/mol. The van der Waals surface area contributed by atoms with Gasteiger partial charge in [0.1, 0.15) is 11.4 Å². The van der Waals surface area contributed by atoms with Gasteiger partial charge in [-0.1, -0.05) is 6.08 Å². The lowest BCUT2D eigenvalue weighted by atomic mass is 9.88. The summed E-state index contributed by atoms with van der Waals surface area (Å²) < 4.78 is 6.97. The van der Waals surface area contributed by atoms with E-state index in [1.54, 1.807) is 0 Å². The van der Waals surface area contributed by atoms with E-state index in [1.165, 1.54) is 0 Å². The molecule has 0 N–H and O–H groups in total. The first-order valence-corrected chi connectivity index (χ1v) is 7.04. The quantitative estimate of drug-likeness (QED) is 0.719. The summed E-state index contributed by atoms with van der Waals surface area (Å²) in [4.78, 5) is 12.0. The fourth-order valence-electron chi connectivity index (χ4n) is 2.56. The molecule has 0 spiro atoms. The van der Waals surface area contributed by atoms with Crippen LogP contribution in [0.15, 0.2) is 16.6 Å². The molecule has 0 unspecified atom stereocenters. The van der Waals surface area contributed by atoms with Gasteiger partial charge in [-0.05, 0) is 60.3 Å². The second kappa shape index (κ2) is 3.95. The first-order chi connectivity index (χ1) is 8.48. The van der Waals surface area contributed by atoms with Crippen molar-refractivity contribution in [1.82, 2.24) is 0 Å². The largest absolute Gasteiger partial charge is 0.482 e. The van der Waals surface area contributed by atoms with Crippen molar-refractivity contribution in [2.24, 2.45) is 0 Å². The topological polar surface area (TPSA) is 26.3 Å². The number of ether oxygens (including phenoxy) is 1. The molecule has 1 aromatic carbocycles. The predicted octanol–water partition coefficient (Wildman–Crippen LogP) is 4.15. The summed E-state index contributed by atoms with van der Waals surface area (Å²) in [6, 6.07) is 1.97. The van der Waals surface area contributed by atoms with Gasteiger partial charge in [0.05, 0.1) is 4.47 Å². The third kappa shape index (κ3) is 1.81. The van der Waals surface area contributed by atoms with Crippen LogP contribution < -0.4 is 4.74 Å². The number of ketones is 1. The Hall–Kier alpha value is -1.09. The molecule has 0 saturated carbocycles. The van der Waals surface area contributed by atoms with Gasteiger partial charge in [-0.15, -0.1) is 0 Å². The van der Waals surface area contributed by atoms with Gasteiger partial charge in [0.15, 0.2) is 5.78 Å². The molecule has 0 saturated heterocycles. The van der Waals surface area contributed by atoms with E-state index < -0.39 is 0 Å². The first-order valence-electron chi connectivity index (χ1n) is 6.25. The Morgan fingerprint density at radius 2 is 2.11 bits per heavy atom. The SMILES string of the molecule is CC1(C)C=Cc2cc3c(c(Br)c2O1)CCCC3=O. The Morgan fingerprint density at radius 3 is 2.89 bits per heavy atom. The second-order valence-corrected chi connectivity index (χ2v) is 6.24. The summed E-state index contributed by atoms with van der Waals surface area (Å²) in [6.45, 7) is 4.06. The number of hydrogen-bond acceptors (Lipinski definition) is 2. The standard InChI is InChI=1S/C15H15BrO2/c1-15(2)7-6-9-8-11-10(4-3-5-12(11)17)13(16)14(9)18-15/h6-8H,3-5H2,1-2H3. The molecular formula is C15H15BrO2. The highest BCUT2D eigenvalue weighted by Crippen LogP contribution is 2.42. The van der Waals surface area contributed by atoms with Gasteiger partial charge in [0.25, 0.3) is 0 Å². The third-order valence-electron chi connectivity index (χ3n) is 3.51. The zero-order valence-electron chi connectivity index (χ0n) is 10.5. The van der Waals surface area contributed by atoms with Gasteiger partial charge in [0.2, 0.25) is 0 Å². The van der Waals surface area contributed by atoms with Crippen molar-refractivity contribution in [2.45, 2.75) is 38.7 Å². The zero-order chi connectivity index (χ0) is 12.9. The molecule has 1 aliphatic carbocycles. The van der Waals surface area contributed by atoms with Crippen molar-refractivity contribution >= 4 is 27.8 Å². The highest BCUT2D eigenvalue weighted by Gasteiger charge is 2.28. The Kier molecular flexibility index (Phi) is 2.63. The Balaban J connectivity index is 2.21. The lowest BCUT2D eigenvalue weighted by Gasteiger charge is -2.30. The van der Waals surface area contributed by atoms with Crippen LogP contribution >= 0.6 is 15.9 Å². The number of rotatable bonds is 0. The van der Waals surface area contributed by atoms with Crippen molar-refractivity contribution < 1.29 is 9.53 Å². The Bertz CT molecular complexity index is 570. The van der Waals surface area contributed by atoms with Crippen LogP contribution in [0, 0.1) is 0 Å². The molecule has 2 aliphatic rings. The van der Waals surface area contributed by atoms with Crippen molar-refractivity contribution in [2.75, 3.05) is 0 Å². The van der Waals surface area contributed by atoms with Gasteiger partial charge in [-0.3, -0.25) is 4.79 Å². The van der Waals surface area contributed by atoms with Crippen molar-refractivity contribution in [1.29, 1.82) is 0 Å². The highest BCUT2D eigenvalue weighted by molar-refractivity contribution is 9.10. The van der Waals surface area contributed by atoms with Crippen LogP contribution in [-0.4, -0.2) is 11.4 Å². The fourth-order valence-corrected chi connectivity index (χ4v) is 3.28. The molecule has 3 rings (SSSR count). The van der Waals surface area contributed by atoms with Gasteiger partial charge < -0.3 is 4.74 Å². The van der Waals surface area contributed by atoms with E-state index >= 15 is 0 Å². The lowest BCUT2D eigenvalue weighted by Crippen LogP contribution is -2.28. The minimum Gasteiger partial charge on any atom is -0.482 e. The molecular weight excluding hydrogens is 292 g/mol. The molecule has 0 aromatic heterocycles. The summed E-state index contributed by atoms with van der Waals surface area (Å²) in [5.74, 6) is 1.12. The van der Waals surface area contributed by atoms with Gasteiger partial charge >= 0.3 is 0 Å². The summed E-state index contributed by atoms with van der Waals surface area (Å²) in [5, 5.41) is 0. The minimum absolute atomic E-state index is 0.248. The highest BCUT2D eigenvalue weighted by atomic mass is 79.9. The number of carbonyl (C=O) groups is 1.